The highest BCUT2D eigenvalue weighted by Gasteiger charge is 2.43. The summed E-state index contributed by atoms with van der Waals surface area (Å²) in [6.45, 7) is 12.4. The maximum absolute atomic E-state index is 14.4. The minimum absolute atomic E-state index is 0.0512. The zero-order chi connectivity index (χ0) is 49.8. The van der Waals surface area contributed by atoms with Crippen molar-refractivity contribution in [3.8, 4) is 0 Å². The SMILES string of the molecule is CC[C@H](C)[C@@H]([C@@H](CC(=O)N1CCC[C@H]1[C@H](OC)[C@@H](C)C(=O)N[C@@H](Cc1ccccc1)C(=O)O)OC)N(C)C(=O)[C@@H](NC(=O)[C@H](C)CCCNC(=O)CCCCCCN1C(=O)C=CC1=O)C(C)C. The number of amides is 7. The van der Waals surface area contributed by atoms with Crippen LogP contribution in [0.2, 0.25) is 0 Å². The van der Waals surface area contributed by atoms with E-state index in [1.54, 1.807) is 42.8 Å². The Hall–Kier alpha value is -5.16. The molecule has 0 saturated carbocycles. The molecule has 17 nitrogen and oxygen atoms in total. The van der Waals surface area contributed by atoms with Crippen molar-refractivity contribution in [1.29, 1.82) is 0 Å². The highest BCUT2D eigenvalue weighted by Crippen LogP contribution is 2.30. The quantitative estimate of drug-likeness (QED) is 0.0631. The molecule has 2 aliphatic rings. The van der Waals surface area contributed by atoms with Crippen molar-refractivity contribution in [3.05, 3.63) is 48.0 Å². The Morgan fingerprint density at radius 2 is 1.52 bits per heavy atom. The van der Waals surface area contributed by atoms with Gasteiger partial charge in [-0.1, -0.05) is 91.1 Å². The molecule has 3 rings (SSSR count). The Balaban J connectivity index is 1.55. The van der Waals surface area contributed by atoms with E-state index in [9.17, 15) is 43.5 Å². The molecule has 1 aromatic rings. The summed E-state index contributed by atoms with van der Waals surface area (Å²) in [7, 11) is 4.68. The third-order valence-corrected chi connectivity index (χ3v) is 13.4. The van der Waals surface area contributed by atoms with Crippen LogP contribution in [-0.4, -0.2) is 144 Å². The summed E-state index contributed by atoms with van der Waals surface area (Å²) in [5.41, 5.74) is 0.769. The average molecular weight is 939 g/mol. The van der Waals surface area contributed by atoms with Crippen LogP contribution in [0.5, 0.6) is 0 Å². The normalized spacial score (nSPS) is 18.4. The Labute approximate surface area is 397 Å². The largest absolute Gasteiger partial charge is 0.480 e. The van der Waals surface area contributed by atoms with Gasteiger partial charge < -0.3 is 40.3 Å². The number of methoxy groups -OCH3 is 2. The number of ether oxygens (including phenoxy) is 2. The van der Waals surface area contributed by atoms with Crippen molar-refractivity contribution in [2.24, 2.45) is 23.7 Å². The lowest BCUT2D eigenvalue weighted by molar-refractivity contribution is -0.148. The van der Waals surface area contributed by atoms with E-state index >= 15 is 0 Å². The minimum Gasteiger partial charge on any atom is -0.480 e. The number of likely N-dealkylation sites (N-methyl/N-ethyl adjacent to an activating group) is 1. The van der Waals surface area contributed by atoms with Gasteiger partial charge in [0.15, 0.2) is 0 Å². The van der Waals surface area contributed by atoms with Crippen molar-refractivity contribution >= 4 is 47.3 Å². The standard InChI is InChI=1S/C50H78N6O11/c1-10-33(4)45(39(66-8)31-43(60)55-29-19-23-38(55)46(67-9)35(6)48(62)52-37(50(64)65)30-36-21-14-13-15-22-36)54(7)49(63)44(32(2)3)53-47(61)34(5)20-18-27-51-40(57)24-16-11-12-17-28-56-41(58)25-26-42(56)59/h13-15,21-22,25-26,32-35,37-39,44-46H,10-12,16-20,23-24,27-31H2,1-9H3,(H,51,57)(H,52,62)(H,53,61)(H,64,65)/t33-,34+,35+,37-,38-,39+,44-,45-,46+/m0/s1. The Morgan fingerprint density at radius 1 is 0.866 bits per heavy atom. The van der Waals surface area contributed by atoms with Crippen molar-refractivity contribution < 1.29 is 52.9 Å². The lowest BCUT2D eigenvalue weighted by atomic mass is 9.89. The van der Waals surface area contributed by atoms with Crippen LogP contribution in [0, 0.1) is 23.7 Å². The van der Waals surface area contributed by atoms with Gasteiger partial charge in [0.05, 0.1) is 36.6 Å². The molecular weight excluding hydrogens is 861 g/mol. The van der Waals surface area contributed by atoms with Crippen molar-refractivity contribution in [2.45, 2.75) is 155 Å². The van der Waals surface area contributed by atoms with Gasteiger partial charge in [0.1, 0.15) is 12.1 Å². The van der Waals surface area contributed by atoms with Crippen LogP contribution < -0.4 is 16.0 Å². The average Bonchev–Trinajstić information content (AvgIpc) is 3.92. The van der Waals surface area contributed by atoms with Gasteiger partial charge in [-0.25, -0.2) is 4.79 Å². The number of likely N-dealkylation sites (tertiary alicyclic amines) is 1. The number of aliphatic carboxylic acids is 1. The van der Waals surface area contributed by atoms with Gasteiger partial charge in [-0.2, -0.15) is 0 Å². The second-order valence-electron chi connectivity index (χ2n) is 18.6. The molecule has 2 aliphatic heterocycles. The van der Waals surface area contributed by atoms with Crippen molar-refractivity contribution in [1.82, 2.24) is 30.7 Å². The second-order valence-corrected chi connectivity index (χ2v) is 18.6. The van der Waals surface area contributed by atoms with E-state index in [2.05, 4.69) is 16.0 Å². The topological polar surface area (TPSA) is 221 Å². The van der Waals surface area contributed by atoms with E-state index in [0.717, 1.165) is 18.4 Å². The van der Waals surface area contributed by atoms with E-state index < -0.39 is 60.1 Å². The van der Waals surface area contributed by atoms with Crippen LogP contribution in [-0.2, 0) is 54.3 Å². The molecule has 4 N–H and O–H groups in total. The summed E-state index contributed by atoms with van der Waals surface area (Å²) in [6, 6.07) is 6.06. The van der Waals surface area contributed by atoms with Crippen LogP contribution >= 0.6 is 0 Å². The number of hydrogen-bond acceptors (Lipinski definition) is 10. The summed E-state index contributed by atoms with van der Waals surface area (Å²) < 4.78 is 11.9. The van der Waals surface area contributed by atoms with Gasteiger partial charge in [0, 0.05) is 71.8 Å². The Kier molecular flexibility index (Phi) is 23.7. The fourth-order valence-electron chi connectivity index (χ4n) is 9.10. The van der Waals surface area contributed by atoms with Crippen LogP contribution in [0.3, 0.4) is 0 Å². The number of carboxylic acids is 1. The molecule has 0 aliphatic carbocycles. The lowest BCUT2D eigenvalue weighted by Crippen LogP contribution is -2.58. The minimum atomic E-state index is -1.15. The first-order chi connectivity index (χ1) is 31.9. The number of rotatable bonds is 30. The molecule has 0 unspecified atom stereocenters. The maximum Gasteiger partial charge on any atom is 0.326 e. The number of nitrogens with one attached hydrogen (secondary N) is 3. The Bertz CT molecular complexity index is 1820. The van der Waals surface area contributed by atoms with Crippen LogP contribution in [0.4, 0.5) is 0 Å². The molecule has 0 aromatic heterocycles. The van der Waals surface area contributed by atoms with E-state index in [1.165, 1.54) is 31.3 Å². The van der Waals surface area contributed by atoms with Crippen molar-refractivity contribution in [3.63, 3.8) is 0 Å². The van der Waals surface area contributed by atoms with Gasteiger partial charge in [-0.3, -0.25) is 38.5 Å². The molecule has 0 bridgehead atoms. The first-order valence-electron chi connectivity index (χ1n) is 24.2. The summed E-state index contributed by atoms with van der Waals surface area (Å²) in [6.07, 6.45) is 7.52. The molecule has 1 aromatic carbocycles. The summed E-state index contributed by atoms with van der Waals surface area (Å²) in [4.78, 5) is 108. The number of carboxylic acid groups (broad SMARTS) is 1. The number of imide groups is 1. The van der Waals surface area contributed by atoms with Gasteiger partial charge >= 0.3 is 5.97 Å². The second kappa shape index (κ2) is 28.2. The number of unbranched alkanes of at least 4 members (excludes halogenated alkanes) is 3. The van der Waals surface area contributed by atoms with Crippen LogP contribution in [0.1, 0.15) is 118 Å². The molecule has 0 spiro atoms. The van der Waals surface area contributed by atoms with E-state index in [-0.39, 0.29) is 60.1 Å². The lowest BCUT2D eigenvalue weighted by Gasteiger charge is -2.41. The van der Waals surface area contributed by atoms with Crippen LogP contribution in [0.15, 0.2) is 42.5 Å². The van der Waals surface area contributed by atoms with Gasteiger partial charge in [0.25, 0.3) is 11.8 Å². The molecule has 1 fully saturated rings. The molecule has 17 heteroatoms. The number of hydrogen-bond donors (Lipinski definition) is 4. The fourth-order valence-corrected chi connectivity index (χ4v) is 9.10. The first-order valence-corrected chi connectivity index (χ1v) is 24.2. The van der Waals surface area contributed by atoms with Gasteiger partial charge in [-0.05, 0) is 55.9 Å². The molecule has 0 radical (unpaired) electrons. The molecule has 7 amide bonds. The number of nitrogens with zero attached hydrogens (tertiary/aromatic N) is 3. The summed E-state index contributed by atoms with van der Waals surface area (Å²) >= 11 is 0. The summed E-state index contributed by atoms with van der Waals surface area (Å²) in [5, 5.41) is 18.5. The molecule has 9 atom stereocenters. The van der Waals surface area contributed by atoms with E-state index in [1.807, 2.05) is 45.9 Å². The number of carbonyl (C=O) groups is 8. The monoisotopic (exact) mass is 939 g/mol. The summed E-state index contributed by atoms with van der Waals surface area (Å²) in [5.74, 6) is -4.65. The predicted octanol–water partition coefficient (Wildman–Crippen LogP) is 4.27. The molecule has 2 heterocycles. The Morgan fingerprint density at radius 3 is 2.12 bits per heavy atom. The van der Waals surface area contributed by atoms with Gasteiger partial charge in [0.2, 0.25) is 29.5 Å². The van der Waals surface area contributed by atoms with Crippen LogP contribution in [0.25, 0.3) is 0 Å². The maximum atomic E-state index is 14.4. The first kappa shape index (κ1) is 56.2. The van der Waals surface area contributed by atoms with Crippen molar-refractivity contribution in [2.75, 3.05) is 40.9 Å². The predicted molar refractivity (Wildman–Crippen MR) is 253 cm³/mol. The van der Waals surface area contributed by atoms with E-state index in [0.29, 0.717) is 71.0 Å². The van der Waals surface area contributed by atoms with Gasteiger partial charge in [-0.15, -0.1) is 0 Å². The smallest absolute Gasteiger partial charge is 0.326 e. The zero-order valence-electron chi connectivity index (χ0n) is 41.3. The zero-order valence-corrected chi connectivity index (χ0v) is 41.3. The molecule has 67 heavy (non-hydrogen) atoms. The number of benzene rings is 1. The highest BCUT2D eigenvalue weighted by atomic mass is 16.5. The molecular formula is C50H78N6O11. The highest BCUT2D eigenvalue weighted by molar-refractivity contribution is 6.12. The number of carbonyl (C=O) groups excluding carboxylic acids is 7. The van der Waals surface area contributed by atoms with E-state index in [4.69, 9.17) is 9.47 Å². The third kappa shape index (κ3) is 16.8. The third-order valence-electron chi connectivity index (χ3n) is 13.4. The fraction of sp³-hybridized carbons (Fsp3) is 0.680. The molecule has 374 valence electrons. The molecule has 1 saturated heterocycles.